The second-order valence-corrected chi connectivity index (χ2v) is 5.83. The van der Waals surface area contributed by atoms with E-state index in [0.29, 0.717) is 23.5 Å². The maximum atomic E-state index is 11.9. The number of hydrogen-bond donors (Lipinski definition) is 2. The van der Waals surface area contributed by atoms with E-state index in [0.717, 1.165) is 18.8 Å². The molecule has 2 rings (SSSR count). The van der Waals surface area contributed by atoms with Crippen molar-refractivity contribution >= 4 is 34.6 Å². The monoisotopic (exact) mass is 368 g/mol. The fraction of sp³-hybridized carbons (Fsp3) is 0.300. The molecule has 0 saturated carbocycles. The van der Waals surface area contributed by atoms with Crippen molar-refractivity contribution in [2.24, 2.45) is 10.2 Å². The Kier molecular flexibility index (Phi) is 7.05. The Bertz CT molecular complexity index is 828. The van der Waals surface area contributed by atoms with Gasteiger partial charge in [-0.2, -0.15) is 5.11 Å². The number of rotatable bonds is 8. The van der Waals surface area contributed by atoms with Gasteiger partial charge < -0.3 is 15.3 Å². The van der Waals surface area contributed by atoms with Crippen LogP contribution in [0.1, 0.15) is 37.6 Å². The lowest BCUT2D eigenvalue weighted by molar-refractivity contribution is -0.115. The minimum absolute atomic E-state index is 0.103. The molecule has 0 aliphatic rings. The average Bonchev–Trinajstić information content (AvgIpc) is 2.68. The number of nitrogens with zero attached hydrogens (tertiary/aromatic N) is 3. The summed E-state index contributed by atoms with van der Waals surface area (Å²) in [4.78, 5) is 25.0. The van der Waals surface area contributed by atoms with Crippen LogP contribution < -0.4 is 10.2 Å². The third-order valence-electron chi connectivity index (χ3n) is 4.09. The van der Waals surface area contributed by atoms with Crippen molar-refractivity contribution in [3.05, 3.63) is 48.0 Å². The highest BCUT2D eigenvalue weighted by Crippen LogP contribution is 2.31. The number of azo groups is 1. The summed E-state index contributed by atoms with van der Waals surface area (Å²) in [7, 11) is 0. The van der Waals surface area contributed by atoms with E-state index in [4.69, 9.17) is 5.11 Å². The van der Waals surface area contributed by atoms with Gasteiger partial charge in [0.25, 0.3) is 0 Å². The topological polar surface area (TPSA) is 94.4 Å². The Morgan fingerprint density at radius 2 is 1.67 bits per heavy atom. The van der Waals surface area contributed by atoms with Gasteiger partial charge in [-0.15, -0.1) is 5.11 Å². The lowest BCUT2D eigenvalue weighted by atomic mass is 10.2. The maximum Gasteiger partial charge on any atom is 0.335 e. The highest BCUT2D eigenvalue weighted by molar-refractivity contribution is 5.94. The van der Waals surface area contributed by atoms with Crippen LogP contribution in [0.2, 0.25) is 0 Å². The first kappa shape index (κ1) is 20.1. The van der Waals surface area contributed by atoms with E-state index in [1.54, 1.807) is 19.1 Å². The lowest BCUT2D eigenvalue weighted by Gasteiger charge is -2.22. The van der Waals surface area contributed by atoms with Crippen LogP contribution in [0.4, 0.5) is 22.7 Å². The number of nitrogens with one attached hydrogen (secondary N) is 1. The van der Waals surface area contributed by atoms with Crippen LogP contribution in [-0.2, 0) is 4.79 Å². The fourth-order valence-corrected chi connectivity index (χ4v) is 2.52. The number of anilines is 2. The molecular weight excluding hydrogens is 344 g/mol. The molecular formula is C20H24N4O3. The summed E-state index contributed by atoms with van der Waals surface area (Å²) in [5.41, 5.74) is 2.84. The standard InChI is InChI=1S/C20H24N4O3/c1-4-19(25)21-18-13-16(24(5-2)6-3)11-12-17(18)23-22-15-9-7-14(8-10-15)20(26)27/h7-13H,4-6H2,1-3H3,(H,21,25)(H,26,27). The summed E-state index contributed by atoms with van der Waals surface area (Å²) < 4.78 is 0. The fourth-order valence-electron chi connectivity index (χ4n) is 2.52. The summed E-state index contributed by atoms with van der Waals surface area (Å²) in [6.07, 6.45) is 0.364. The van der Waals surface area contributed by atoms with Crippen LogP contribution in [0.3, 0.4) is 0 Å². The highest BCUT2D eigenvalue weighted by Gasteiger charge is 2.10. The molecule has 142 valence electrons. The number of carboxylic acid groups (broad SMARTS) is 1. The van der Waals surface area contributed by atoms with Gasteiger partial charge in [-0.3, -0.25) is 4.79 Å². The summed E-state index contributed by atoms with van der Waals surface area (Å²) in [5.74, 6) is -1.09. The maximum absolute atomic E-state index is 11.9. The van der Waals surface area contributed by atoms with Gasteiger partial charge in [0.2, 0.25) is 5.91 Å². The molecule has 0 fully saturated rings. The van der Waals surface area contributed by atoms with Crippen molar-refractivity contribution in [2.75, 3.05) is 23.3 Å². The summed E-state index contributed by atoms with van der Waals surface area (Å²) in [5, 5.41) is 20.2. The number of carboxylic acids is 1. The zero-order valence-corrected chi connectivity index (χ0v) is 15.8. The van der Waals surface area contributed by atoms with Gasteiger partial charge in [0.1, 0.15) is 5.69 Å². The Morgan fingerprint density at radius 3 is 2.22 bits per heavy atom. The first-order valence-corrected chi connectivity index (χ1v) is 8.92. The number of carbonyl (C=O) groups is 2. The molecule has 0 radical (unpaired) electrons. The second kappa shape index (κ2) is 9.47. The van der Waals surface area contributed by atoms with E-state index in [2.05, 4.69) is 34.3 Å². The van der Waals surface area contributed by atoms with E-state index in [1.165, 1.54) is 12.1 Å². The first-order chi connectivity index (χ1) is 13.0. The molecule has 0 aromatic heterocycles. The van der Waals surface area contributed by atoms with Crippen molar-refractivity contribution in [3.63, 3.8) is 0 Å². The molecule has 2 N–H and O–H groups in total. The summed E-state index contributed by atoms with van der Waals surface area (Å²) >= 11 is 0. The van der Waals surface area contributed by atoms with Gasteiger partial charge in [-0.25, -0.2) is 4.79 Å². The third-order valence-corrected chi connectivity index (χ3v) is 4.09. The molecule has 2 aromatic rings. The normalized spacial score (nSPS) is 10.8. The zero-order chi connectivity index (χ0) is 19.8. The predicted molar refractivity (Wildman–Crippen MR) is 107 cm³/mol. The van der Waals surface area contributed by atoms with E-state index in [-0.39, 0.29) is 11.5 Å². The van der Waals surface area contributed by atoms with Crippen LogP contribution in [0, 0.1) is 0 Å². The van der Waals surface area contributed by atoms with Crippen LogP contribution in [0.25, 0.3) is 0 Å². The van der Waals surface area contributed by atoms with Gasteiger partial charge in [-0.1, -0.05) is 6.92 Å². The smallest absolute Gasteiger partial charge is 0.335 e. The Balaban J connectivity index is 2.32. The molecule has 0 aliphatic carbocycles. The Labute approximate surface area is 158 Å². The molecule has 1 amide bonds. The van der Waals surface area contributed by atoms with Crippen LogP contribution in [-0.4, -0.2) is 30.1 Å². The van der Waals surface area contributed by atoms with Gasteiger partial charge in [0, 0.05) is 25.2 Å². The molecule has 0 bridgehead atoms. The van der Waals surface area contributed by atoms with E-state index >= 15 is 0 Å². The predicted octanol–water partition coefficient (Wildman–Crippen LogP) is 4.99. The first-order valence-electron chi connectivity index (χ1n) is 8.92. The second-order valence-electron chi connectivity index (χ2n) is 5.83. The number of amides is 1. The molecule has 0 saturated heterocycles. The SMILES string of the molecule is CCC(=O)Nc1cc(N(CC)CC)ccc1N=Nc1ccc(C(=O)O)cc1. The van der Waals surface area contributed by atoms with Crippen molar-refractivity contribution in [1.82, 2.24) is 0 Å². The van der Waals surface area contributed by atoms with E-state index in [9.17, 15) is 9.59 Å². The largest absolute Gasteiger partial charge is 0.478 e. The third kappa shape index (κ3) is 5.37. The molecule has 0 unspecified atom stereocenters. The zero-order valence-electron chi connectivity index (χ0n) is 15.8. The van der Waals surface area contributed by atoms with Crippen molar-refractivity contribution in [3.8, 4) is 0 Å². The molecule has 27 heavy (non-hydrogen) atoms. The summed E-state index contributed by atoms with van der Waals surface area (Å²) in [6.45, 7) is 7.64. The molecule has 2 aromatic carbocycles. The Morgan fingerprint density at radius 1 is 1.00 bits per heavy atom. The molecule has 0 heterocycles. The van der Waals surface area contributed by atoms with Gasteiger partial charge in [-0.05, 0) is 56.3 Å². The average molecular weight is 368 g/mol. The van der Waals surface area contributed by atoms with Gasteiger partial charge in [0.15, 0.2) is 0 Å². The summed E-state index contributed by atoms with van der Waals surface area (Å²) in [6, 6.07) is 11.8. The Hall–Kier alpha value is -3.22. The highest BCUT2D eigenvalue weighted by atomic mass is 16.4. The number of aromatic carboxylic acids is 1. The molecule has 0 aliphatic heterocycles. The number of hydrogen-bond acceptors (Lipinski definition) is 5. The number of carbonyl (C=O) groups excluding carboxylic acids is 1. The minimum atomic E-state index is -0.991. The van der Waals surface area contributed by atoms with Crippen LogP contribution in [0.15, 0.2) is 52.7 Å². The van der Waals surface area contributed by atoms with Crippen LogP contribution in [0.5, 0.6) is 0 Å². The van der Waals surface area contributed by atoms with Crippen molar-refractivity contribution < 1.29 is 14.7 Å². The van der Waals surface area contributed by atoms with Gasteiger partial charge >= 0.3 is 5.97 Å². The van der Waals surface area contributed by atoms with Crippen molar-refractivity contribution in [1.29, 1.82) is 0 Å². The molecule has 0 atom stereocenters. The number of benzene rings is 2. The molecule has 7 nitrogen and oxygen atoms in total. The van der Waals surface area contributed by atoms with Crippen LogP contribution >= 0.6 is 0 Å². The molecule has 7 heteroatoms. The van der Waals surface area contributed by atoms with Gasteiger partial charge in [0.05, 0.1) is 16.9 Å². The van der Waals surface area contributed by atoms with E-state index < -0.39 is 5.97 Å². The van der Waals surface area contributed by atoms with E-state index in [1.807, 2.05) is 18.2 Å². The lowest BCUT2D eigenvalue weighted by Crippen LogP contribution is -2.22. The minimum Gasteiger partial charge on any atom is -0.478 e. The molecule has 0 spiro atoms. The van der Waals surface area contributed by atoms with Crippen molar-refractivity contribution in [2.45, 2.75) is 27.2 Å². The quantitative estimate of drug-likeness (QED) is 0.641.